The van der Waals surface area contributed by atoms with E-state index in [0.29, 0.717) is 5.95 Å². The average molecular weight is 310 g/mol. The van der Waals surface area contributed by atoms with E-state index in [-0.39, 0.29) is 5.82 Å². The Morgan fingerprint density at radius 1 is 1.17 bits per heavy atom. The maximum Gasteiger partial charge on any atom is 0.224 e. The molecule has 0 aliphatic carbocycles. The number of halogens is 1. The molecule has 0 saturated carbocycles. The topological polar surface area (TPSA) is 42.2 Å². The van der Waals surface area contributed by atoms with E-state index >= 15 is 0 Å². The highest BCUT2D eigenvalue weighted by Gasteiger charge is 2.05. The number of hydrogen-bond donors (Lipinski definition) is 1. The molecule has 0 aliphatic rings. The second kappa shape index (κ2) is 6.60. The van der Waals surface area contributed by atoms with Crippen LogP contribution in [0, 0.1) is 5.82 Å². The number of benzene rings is 2. The van der Waals surface area contributed by atoms with E-state index in [0.717, 1.165) is 35.2 Å². The highest BCUT2D eigenvalue weighted by Crippen LogP contribution is 2.17. The molecule has 2 aromatic carbocycles. The molecule has 0 spiro atoms. The van der Waals surface area contributed by atoms with Gasteiger partial charge in [0.05, 0.1) is 11.0 Å². The lowest BCUT2D eigenvalue weighted by molar-refractivity contribution is 0.627. The van der Waals surface area contributed by atoms with Crippen LogP contribution < -0.4 is 5.43 Å². The third-order valence-corrected chi connectivity index (χ3v) is 3.82. The van der Waals surface area contributed by atoms with Gasteiger partial charge in [0.15, 0.2) is 0 Å². The van der Waals surface area contributed by atoms with Gasteiger partial charge >= 0.3 is 0 Å². The van der Waals surface area contributed by atoms with Gasteiger partial charge < -0.3 is 4.57 Å². The molecule has 0 atom stereocenters. The Bertz CT molecular complexity index is 834. The van der Waals surface area contributed by atoms with E-state index in [4.69, 9.17) is 0 Å². The molecule has 0 amide bonds. The Kier molecular flexibility index (Phi) is 4.37. The molecule has 3 aromatic rings. The smallest absolute Gasteiger partial charge is 0.224 e. The van der Waals surface area contributed by atoms with Gasteiger partial charge in [-0.15, -0.1) is 0 Å². The molecule has 0 saturated heterocycles. The average Bonchev–Trinajstić information content (AvgIpc) is 2.89. The molecule has 1 N–H and O–H groups in total. The van der Waals surface area contributed by atoms with Crippen LogP contribution in [0.5, 0.6) is 0 Å². The molecular formula is C18H19FN4. The van der Waals surface area contributed by atoms with Crippen molar-refractivity contribution in [2.24, 2.45) is 12.1 Å². The maximum absolute atomic E-state index is 12.9. The van der Waals surface area contributed by atoms with Gasteiger partial charge in [-0.2, -0.15) is 5.10 Å². The summed E-state index contributed by atoms with van der Waals surface area (Å²) in [6.45, 7) is 1.97. The molecule has 0 aliphatic heterocycles. The van der Waals surface area contributed by atoms with Crippen molar-refractivity contribution in [3.05, 3.63) is 59.9 Å². The Hall–Kier alpha value is -2.69. The van der Waals surface area contributed by atoms with Gasteiger partial charge in [-0.1, -0.05) is 24.3 Å². The van der Waals surface area contributed by atoms with Crippen molar-refractivity contribution in [3.8, 4) is 0 Å². The van der Waals surface area contributed by atoms with Gasteiger partial charge in [0.1, 0.15) is 5.82 Å². The van der Waals surface area contributed by atoms with Crippen LogP contribution in [-0.2, 0) is 13.5 Å². The maximum atomic E-state index is 12.9. The SMILES string of the molecule is CC(CCc1ccc(F)cc1)=NNc1nc2ccccc2n1C. The fourth-order valence-corrected chi connectivity index (χ4v) is 2.42. The zero-order valence-corrected chi connectivity index (χ0v) is 13.3. The summed E-state index contributed by atoms with van der Waals surface area (Å²) >= 11 is 0. The van der Waals surface area contributed by atoms with E-state index in [1.807, 2.05) is 54.9 Å². The highest BCUT2D eigenvalue weighted by molar-refractivity contribution is 5.83. The van der Waals surface area contributed by atoms with Crippen molar-refractivity contribution in [3.63, 3.8) is 0 Å². The van der Waals surface area contributed by atoms with Crippen LogP contribution in [-0.4, -0.2) is 15.3 Å². The van der Waals surface area contributed by atoms with Gasteiger partial charge in [0.2, 0.25) is 5.95 Å². The predicted octanol–water partition coefficient (Wildman–Crippen LogP) is 4.13. The van der Waals surface area contributed by atoms with Gasteiger partial charge in [-0.05, 0) is 49.6 Å². The minimum Gasteiger partial charge on any atom is -0.312 e. The van der Waals surface area contributed by atoms with Crippen LogP contribution in [0.25, 0.3) is 11.0 Å². The summed E-state index contributed by atoms with van der Waals surface area (Å²) in [5.41, 5.74) is 7.11. The molecule has 0 unspecified atom stereocenters. The van der Waals surface area contributed by atoms with Crippen LogP contribution >= 0.6 is 0 Å². The van der Waals surface area contributed by atoms with Crippen LogP contribution in [0.15, 0.2) is 53.6 Å². The van der Waals surface area contributed by atoms with Gasteiger partial charge in [-0.3, -0.25) is 0 Å². The molecule has 0 bridgehead atoms. The first-order chi connectivity index (χ1) is 11.1. The Labute approximate surface area is 134 Å². The third-order valence-electron chi connectivity index (χ3n) is 3.82. The lowest BCUT2D eigenvalue weighted by atomic mass is 10.1. The largest absolute Gasteiger partial charge is 0.312 e. The first kappa shape index (κ1) is 15.2. The standard InChI is InChI=1S/C18H19FN4/c1-13(7-8-14-9-11-15(19)12-10-14)21-22-18-20-16-5-3-4-6-17(16)23(18)2/h3-6,9-12H,7-8H2,1-2H3,(H,20,22). The zero-order chi connectivity index (χ0) is 16.2. The van der Waals surface area contributed by atoms with E-state index in [9.17, 15) is 4.39 Å². The summed E-state index contributed by atoms with van der Waals surface area (Å²) in [6.07, 6.45) is 1.64. The summed E-state index contributed by atoms with van der Waals surface area (Å²) in [6, 6.07) is 14.5. The van der Waals surface area contributed by atoms with E-state index in [2.05, 4.69) is 15.5 Å². The molecular weight excluding hydrogens is 291 g/mol. The molecule has 1 aromatic heterocycles. The third kappa shape index (κ3) is 3.56. The number of nitrogens with one attached hydrogen (secondary N) is 1. The highest BCUT2D eigenvalue weighted by atomic mass is 19.1. The second-order valence-electron chi connectivity index (χ2n) is 5.57. The number of hydrogen-bond acceptors (Lipinski definition) is 3. The van der Waals surface area contributed by atoms with Crippen molar-refractivity contribution in [2.45, 2.75) is 19.8 Å². The van der Waals surface area contributed by atoms with Gasteiger partial charge in [-0.25, -0.2) is 14.8 Å². The van der Waals surface area contributed by atoms with Crippen LogP contribution in [0.2, 0.25) is 0 Å². The number of anilines is 1. The fraction of sp³-hybridized carbons (Fsp3) is 0.222. The molecule has 3 rings (SSSR count). The summed E-state index contributed by atoms with van der Waals surface area (Å²) in [7, 11) is 1.96. The molecule has 1 heterocycles. The van der Waals surface area contributed by atoms with Crippen LogP contribution in [0.4, 0.5) is 10.3 Å². The summed E-state index contributed by atoms with van der Waals surface area (Å²) in [5, 5.41) is 4.39. The normalized spacial score (nSPS) is 11.9. The Morgan fingerprint density at radius 2 is 1.91 bits per heavy atom. The molecule has 5 heteroatoms. The minimum absolute atomic E-state index is 0.206. The number of imidazole rings is 1. The summed E-state index contributed by atoms with van der Waals surface area (Å²) < 4.78 is 14.9. The van der Waals surface area contributed by atoms with Crippen molar-refractivity contribution in [1.82, 2.24) is 9.55 Å². The number of para-hydroxylation sites is 2. The summed E-state index contributed by atoms with van der Waals surface area (Å²) in [4.78, 5) is 4.52. The molecule has 23 heavy (non-hydrogen) atoms. The fourth-order valence-electron chi connectivity index (χ4n) is 2.42. The van der Waals surface area contributed by atoms with Crippen LogP contribution in [0.1, 0.15) is 18.9 Å². The number of aromatic nitrogens is 2. The molecule has 0 radical (unpaired) electrons. The predicted molar refractivity (Wildman–Crippen MR) is 92.2 cm³/mol. The Balaban J connectivity index is 1.64. The van der Waals surface area contributed by atoms with Crippen molar-refractivity contribution < 1.29 is 4.39 Å². The van der Waals surface area contributed by atoms with Crippen molar-refractivity contribution in [1.29, 1.82) is 0 Å². The number of nitrogens with zero attached hydrogens (tertiary/aromatic N) is 3. The molecule has 118 valence electrons. The first-order valence-electron chi connectivity index (χ1n) is 7.58. The van der Waals surface area contributed by atoms with E-state index in [1.54, 1.807) is 0 Å². The van der Waals surface area contributed by atoms with Crippen LogP contribution in [0.3, 0.4) is 0 Å². The lowest BCUT2D eigenvalue weighted by Crippen LogP contribution is -2.03. The minimum atomic E-state index is -0.206. The first-order valence-corrected chi connectivity index (χ1v) is 7.58. The van der Waals surface area contributed by atoms with E-state index < -0.39 is 0 Å². The zero-order valence-electron chi connectivity index (χ0n) is 13.3. The number of fused-ring (bicyclic) bond motifs is 1. The number of rotatable bonds is 5. The van der Waals surface area contributed by atoms with Gasteiger partial charge in [0, 0.05) is 12.8 Å². The molecule has 4 nitrogen and oxygen atoms in total. The number of aryl methyl sites for hydroxylation is 2. The number of hydrazone groups is 1. The Morgan fingerprint density at radius 3 is 2.65 bits per heavy atom. The van der Waals surface area contributed by atoms with Crippen molar-refractivity contribution in [2.75, 3.05) is 5.43 Å². The molecule has 0 fully saturated rings. The van der Waals surface area contributed by atoms with Crippen molar-refractivity contribution >= 4 is 22.7 Å². The van der Waals surface area contributed by atoms with Gasteiger partial charge in [0.25, 0.3) is 0 Å². The second-order valence-corrected chi connectivity index (χ2v) is 5.57. The lowest BCUT2D eigenvalue weighted by Gasteiger charge is -2.04. The van der Waals surface area contributed by atoms with E-state index in [1.165, 1.54) is 12.1 Å². The monoisotopic (exact) mass is 310 g/mol. The quantitative estimate of drug-likeness (QED) is 0.568. The summed E-state index contributed by atoms with van der Waals surface area (Å²) in [5.74, 6) is 0.509.